The van der Waals surface area contributed by atoms with Crippen molar-refractivity contribution in [3.05, 3.63) is 12.4 Å². The van der Waals surface area contributed by atoms with E-state index < -0.39 is 10.0 Å². The second-order valence-electron chi connectivity index (χ2n) is 3.95. The standard InChI is InChI=1S/C10H19N3O3S/c1-3-9(2)12-17(15,16)10-7-11-13(8-10)5-4-6-14/h7-9,12,14H,3-6H2,1-2H3. The Morgan fingerprint density at radius 3 is 2.88 bits per heavy atom. The normalized spacial score (nSPS) is 13.8. The van der Waals surface area contributed by atoms with Crippen molar-refractivity contribution in [3.63, 3.8) is 0 Å². The summed E-state index contributed by atoms with van der Waals surface area (Å²) in [5.41, 5.74) is 0. The Morgan fingerprint density at radius 2 is 2.29 bits per heavy atom. The van der Waals surface area contributed by atoms with Crippen LogP contribution in [-0.4, -0.2) is 36.0 Å². The highest BCUT2D eigenvalue weighted by atomic mass is 32.2. The Balaban J connectivity index is 2.74. The fourth-order valence-electron chi connectivity index (χ4n) is 1.25. The zero-order valence-corrected chi connectivity index (χ0v) is 10.9. The van der Waals surface area contributed by atoms with Crippen LogP contribution in [0.3, 0.4) is 0 Å². The van der Waals surface area contributed by atoms with Gasteiger partial charge in [-0.05, 0) is 19.8 Å². The van der Waals surface area contributed by atoms with Crippen LogP contribution in [0, 0.1) is 0 Å². The lowest BCUT2D eigenvalue weighted by molar-refractivity contribution is 0.277. The minimum atomic E-state index is -3.47. The SMILES string of the molecule is CCC(C)NS(=O)(=O)c1cnn(CCCO)c1. The second kappa shape index (κ2) is 6.13. The van der Waals surface area contributed by atoms with Crippen molar-refractivity contribution in [2.75, 3.05) is 6.61 Å². The summed E-state index contributed by atoms with van der Waals surface area (Å²) in [6.07, 6.45) is 4.08. The molecule has 2 N–H and O–H groups in total. The van der Waals surface area contributed by atoms with Crippen LogP contribution in [-0.2, 0) is 16.6 Å². The van der Waals surface area contributed by atoms with Crippen LogP contribution in [0.2, 0.25) is 0 Å². The maximum atomic E-state index is 11.9. The van der Waals surface area contributed by atoms with E-state index in [1.807, 2.05) is 13.8 Å². The first-order chi connectivity index (χ1) is 7.99. The summed E-state index contributed by atoms with van der Waals surface area (Å²) >= 11 is 0. The molecule has 0 aliphatic heterocycles. The molecule has 0 spiro atoms. The average molecular weight is 261 g/mol. The summed E-state index contributed by atoms with van der Waals surface area (Å²) in [5, 5.41) is 12.6. The average Bonchev–Trinajstić information content (AvgIpc) is 2.75. The summed E-state index contributed by atoms with van der Waals surface area (Å²) < 4.78 is 27.8. The molecule has 1 aromatic heterocycles. The third-order valence-corrected chi connectivity index (χ3v) is 3.98. The van der Waals surface area contributed by atoms with Gasteiger partial charge >= 0.3 is 0 Å². The molecule has 1 atom stereocenters. The molecule has 98 valence electrons. The van der Waals surface area contributed by atoms with Gasteiger partial charge in [-0.25, -0.2) is 13.1 Å². The minimum absolute atomic E-state index is 0.0626. The number of sulfonamides is 1. The van der Waals surface area contributed by atoms with Gasteiger partial charge in [0.15, 0.2) is 0 Å². The predicted molar refractivity (Wildman–Crippen MR) is 64.0 cm³/mol. The van der Waals surface area contributed by atoms with Crippen LogP contribution in [0.5, 0.6) is 0 Å². The van der Waals surface area contributed by atoms with Gasteiger partial charge in [0.2, 0.25) is 10.0 Å². The van der Waals surface area contributed by atoms with Gasteiger partial charge in [0.1, 0.15) is 4.90 Å². The third kappa shape index (κ3) is 4.10. The summed E-state index contributed by atoms with van der Waals surface area (Å²) in [6, 6.07) is -0.0965. The van der Waals surface area contributed by atoms with E-state index in [9.17, 15) is 8.42 Å². The molecule has 6 nitrogen and oxygen atoms in total. The number of nitrogens with one attached hydrogen (secondary N) is 1. The van der Waals surface area contributed by atoms with Crippen LogP contribution < -0.4 is 4.72 Å². The number of rotatable bonds is 7. The maximum Gasteiger partial charge on any atom is 0.243 e. The van der Waals surface area contributed by atoms with E-state index in [0.29, 0.717) is 13.0 Å². The van der Waals surface area contributed by atoms with Crippen LogP contribution in [0.4, 0.5) is 0 Å². The molecule has 1 rings (SSSR count). The molecule has 1 heterocycles. The smallest absolute Gasteiger partial charge is 0.243 e. The van der Waals surface area contributed by atoms with E-state index >= 15 is 0 Å². The molecule has 0 aliphatic rings. The molecule has 1 aromatic rings. The summed E-state index contributed by atoms with van der Waals surface area (Å²) in [5.74, 6) is 0. The van der Waals surface area contributed by atoms with Crippen LogP contribution in [0.15, 0.2) is 17.3 Å². The monoisotopic (exact) mass is 261 g/mol. The van der Waals surface area contributed by atoms with Crippen molar-refractivity contribution in [3.8, 4) is 0 Å². The lowest BCUT2D eigenvalue weighted by atomic mass is 10.3. The van der Waals surface area contributed by atoms with Crippen LogP contribution in [0.25, 0.3) is 0 Å². The number of aliphatic hydroxyl groups is 1. The molecule has 7 heteroatoms. The summed E-state index contributed by atoms with van der Waals surface area (Å²) in [4.78, 5) is 0.163. The van der Waals surface area contributed by atoms with Crippen molar-refractivity contribution in [1.29, 1.82) is 0 Å². The van der Waals surface area contributed by atoms with Crippen molar-refractivity contribution in [2.24, 2.45) is 0 Å². The molecule has 0 amide bonds. The molecule has 0 saturated heterocycles. The Bertz CT molecular complexity index is 441. The Morgan fingerprint density at radius 1 is 1.59 bits per heavy atom. The molecule has 0 bridgehead atoms. The first-order valence-electron chi connectivity index (χ1n) is 5.65. The van der Waals surface area contributed by atoms with E-state index in [1.54, 1.807) is 0 Å². The molecule has 17 heavy (non-hydrogen) atoms. The first kappa shape index (κ1) is 14.1. The van der Waals surface area contributed by atoms with Gasteiger partial charge in [-0.3, -0.25) is 4.68 Å². The molecule has 0 aliphatic carbocycles. The lowest BCUT2D eigenvalue weighted by Gasteiger charge is -2.10. The number of nitrogens with zero attached hydrogens (tertiary/aromatic N) is 2. The highest BCUT2D eigenvalue weighted by Crippen LogP contribution is 2.08. The molecular weight excluding hydrogens is 242 g/mol. The van der Waals surface area contributed by atoms with Gasteiger partial charge in [0.05, 0.1) is 6.20 Å². The van der Waals surface area contributed by atoms with Gasteiger partial charge in [0, 0.05) is 25.4 Å². The largest absolute Gasteiger partial charge is 0.396 e. The Labute approximate surface area is 102 Å². The van der Waals surface area contributed by atoms with E-state index in [1.165, 1.54) is 17.1 Å². The van der Waals surface area contributed by atoms with Crippen LogP contribution >= 0.6 is 0 Å². The number of aryl methyl sites for hydroxylation is 1. The molecular formula is C10H19N3O3S. The summed E-state index contributed by atoms with van der Waals surface area (Å²) in [6.45, 7) is 4.30. The quantitative estimate of drug-likeness (QED) is 0.741. The zero-order chi connectivity index (χ0) is 12.9. The first-order valence-corrected chi connectivity index (χ1v) is 7.13. The number of aromatic nitrogens is 2. The maximum absolute atomic E-state index is 11.9. The van der Waals surface area contributed by atoms with Gasteiger partial charge in [0.25, 0.3) is 0 Å². The number of hydrogen-bond acceptors (Lipinski definition) is 4. The van der Waals surface area contributed by atoms with Gasteiger partial charge in [-0.15, -0.1) is 0 Å². The topological polar surface area (TPSA) is 84.2 Å². The predicted octanol–water partition coefficient (Wildman–Crippen LogP) is 0.342. The van der Waals surface area contributed by atoms with Gasteiger partial charge in [-0.2, -0.15) is 5.10 Å². The Kier molecular flexibility index (Phi) is 5.10. The van der Waals surface area contributed by atoms with Crippen molar-refractivity contribution in [1.82, 2.24) is 14.5 Å². The summed E-state index contributed by atoms with van der Waals surface area (Å²) in [7, 11) is -3.47. The zero-order valence-electron chi connectivity index (χ0n) is 10.1. The van der Waals surface area contributed by atoms with Gasteiger partial charge in [-0.1, -0.05) is 6.92 Å². The number of aliphatic hydroxyl groups excluding tert-OH is 1. The van der Waals surface area contributed by atoms with Gasteiger partial charge < -0.3 is 5.11 Å². The van der Waals surface area contributed by atoms with E-state index in [4.69, 9.17) is 5.11 Å². The van der Waals surface area contributed by atoms with E-state index in [-0.39, 0.29) is 17.5 Å². The molecule has 0 aromatic carbocycles. The molecule has 0 radical (unpaired) electrons. The Hall–Kier alpha value is -0.920. The molecule has 0 saturated carbocycles. The molecule has 1 unspecified atom stereocenters. The number of hydrogen-bond donors (Lipinski definition) is 2. The van der Waals surface area contributed by atoms with Crippen molar-refractivity contribution >= 4 is 10.0 Å². The molecule has 0 fully saturated rings. The van der Waals surface area contributed by atoms with Crippen LogP contribution in [0.1, 0.15) is 26.7 Å². The third-order valence-electron chi connectivity index (χ3n) is 2.43. The van der Waals surface area contributed by atoms with E-state index in [2.05, 4.69) is 9.82 Å². The lowest BCUT2D eigenvalue weighted by Crippen LogP contribution is -2.31. The van der Waals surface area contributed by atoms with E-state index in [0.717, 1.165) is 6.42 Å². The fraction of sp³-hybridized carbons (Fsp3) is 0.700. The highest BCUT2D eigenvalue weighted by Gasteiger charge is 2.18. The fourth-order valence-corrected chi connectivity index (χ4v) is 2.53. The van der Waals surface area contributed by atoms with Crippen molar-refractivity contribution in [2.45, 2.75) is 44.2 Å². The van der Waals surface area contributed by atoms with Crippen molar-refractivity contribution < 1.29 is 13.5 Å². The highest BCUT2D eigenvalue weighted by molar-refractivity contribution is 7.89. The minimum Gasteiger partial charge on any atom is -0.396 e. The second-order valence-corrected chi connectivity index (χ2v) is 5.66.